The molecule has 0 spiro atoms. The minimum Gasteiger partial charge on any atom is -0.466 e. The second-order valence-electron chi connectivity index (χ2n) is 10.9. The average molecular weight is 415 g/mol. The molecule has 2 saturated carbocycles. The van der Waals surface area contributed by atoms with Crippen molar-refractivity contribution >= 4 is 11.8 Å². The van der Waals surface area contributed by atoms with Crippen molar-refractivity contribution in [2.75, 3.05) is 6.61 Å². The van der Waals surface area contributed by atoms with Gasteiger partial charge in [-0.25, -0.2) is 0 Å². The first-order valence-corrected chi connectivity index (χ1v) is 12.8. The largest absolute Gasteiger partial charge is 0.466 e. The van der Waals surface area contributed by atoms with E-state index in [9.17, 15) is 9.59 Å². The Morgan fingerprint density at radius 3 is 2.63 bits per heavy atom. The van der Waals surface area contributed by atoms with E-state index in [-0.39, 0.29) is 5.97 Å². The number of Topliss-reactive ketones (excluding diaryl/α,β-unsaturated/α-hetero) is 1. The fraction of sp³-hybridized carbons (Fsp3) is 0.852. The second-order valence-corrected chi connectivity index (χ2v) is 10.9. The van der Waals surface area contributed by atoms with Gasteiger partial charge in [0.05, 0.1) is 6.61 Å². The fourth-order valence-electron chi connectivity index (χ4n) is 7.87. The predicted octanol–water partition coefficient (Wildman–Crippen LogP) is 6.65. The summed E-state index contributed by atoms with van der Waals surface area (Å²) in [6.45, 7) is 7.36. The Bertz CT molecular complexity index is 692. The van der Waals surface area contributed by atoms with Crippen molar-refractivity contribution < 1.29 is 14.3 Å². The molecular formula is C27H42O3. The molecule has 0 aromatic heterocycles. The van der Waals surface area contributed by atoms with Crippen LogP contribution in [0, 0.1) is 35.0 Å². The van der Waals surface area contributed by atoms with Gasteiger partial charge in [-0.05, 0) is 86.4 Å². The maximum absolute atomic E-state index is 12.2. The molecule has 2 fully saturated rings. The molecule has 4 aliphatic rings. The molecule has 0 N–H and O–H groups in total. The smallest absolute Gasteiger partial charge is 0.305 e. The van der Waals surface area contributed by atoms with Crippen LogP contribution < -0.4 is 0 Å². The summed E-state index contributed by atoms with van der Waals surface area (Å²) in [6.07, 6.45) is 14.9. The van der Waals surface area contributed by atoms with Crippen LogP contribution >= 0.6 is 0 Å². The van der Waals surface area contributed by atoms with Gasteiger partial charge in [0.25, 0.3) is 0 Å². The van der Waals surface area contributed by atoms with Crippen molar-refractivity contribution in [2.24, 2.45) is 35.0 Å². The zero-order valence-corrected chi connectivity index (χ0v) is 19.5. The van der Waals surface area contributed by atoms with Crippen LogP contribution in [0.15, 0.2) is 11.1 Å². The van der Waals surface area contributed by atoms with Gasteiger partial charge in [0.15, 0.2) is 0 Å². The Kier molecular flexibility index (Phi) is 6.75. The number of carbonyl (C=O) groups excluding carboxylic acids is 2. The molecule has 0 aromatic rings. The molecule has 0 saturated heterocycles. The van der Waals surface area contributed by atoms with Crippen molar-refractivity contribution in [3.63, 3.8) is 0 Å². The molecular weight excluding hydrogens is 372 g/mol. The number of allylic oxidation sites excluding steroid dienone is 2. The van der Waals surface area contributed by atoms with Crippen LogP contribution in [0.25, 0.3) is 0 Å². The highest BCUT2D eigenvalue weighted by Crippen LogP contribution is 2.63. The summed E-state index contributed by atoms with van der Waals surface area (Å²) >= 11 is 0. The first-order valence-electron chi connectivity index (χ1n) is 12.8. The van der Waals surface area contributed by atoms with Crippen molar-refractivity contribution in [1.82, 2.24) is 0 Å². The molecule has 0 aromatic carbocycles. The number of carbonyl (C=O) groups is 2. The molecule has 0 heterocycles. The Morgan fingerprint density at radius 1 is 1.03 bits per heavy atom. The van der Waals surface area contributed by atoms with Gasteiger partial charge >= 0.3 is 5.97 Å². The van der Waals surface area contributed by atoms with Crippen LogP contribution in [0.3, 0.4) is 0 Å². The van der Waals surface area contributed by atoms with E-state index in [1.807, 2.05) is 18.1 Å². The molecule has 0 amide bonds. The lowest BCUT2D eigenvalue weighted by atomic mass is 9.46. The van der Waals surface area contributed by atoms with Gasteiger partial charge in [-0.3, -0.25) is 9.59 Å². The van der Waals surface area contributed by atoms with E-state index < -0.39 is 0 Å². The molecule has 0 radical (unpaired) electrons. The maximum Gasteiger partial charge on any atom is 0.305 e. The van der Waals surface area contributed by atoms with E-state index >= 15 is 0 Å². The number of ether oxygens (including phenoxy) is 1. The molecule has 168 valence electrons. The number of ketones is 1. The first kappa shape index (κ1) is 22.1. The summed E-state index contributed by atoms with van der Waals surface area (Å²) in [5.74, 6) is 4.07. The number of hydrogen-bond acceptors (Lipinski definition) is 3. The SMILES string of the molecule is CCC(=O)OCCCCC[C@H]1CCC2=C1CC[C@H]1[C@H]2CC[C@H]2CC(=O)C[C@H](C)[C@@]21C. The summed E-state index contributed by atoms with van der Waals surface area (Å²) < 4.78 is 5.21. The first-order chi connectivity index (χ1) is 14.4. The van der Waals surface area contributed by atoms with Crippen molar-refractivity contribution in [1.29, 1.82) is 0 Å². The van der Waals surface area contributed by atoms with E-state index in [2.05, 4.69) is 13.8 Å². The Labute approximate surface area is 183 Å². The van der Waals surface area contributed by atoms with Gasteiger partial charge in [-0.15, -0.1) is 0 Å². The molecule has 0 unspecified atom stereocenters. The molecule has 0 aliphatic heterocycles. The highest BCUT2D eigenvalue weighted by Gasteiger charge is 2.55. The van der Waals surface area contributed by atoms with Crippen molar-refractivity contribution in [3.05, 3.63) is 11.1 Å². The minimum absolute atomic E-state index is 0.0718. The van der Waals surface area contributed by atoms with E-state index in [4.69, 9.17) is 4.74 Å². The van der Waals surface area contributed by atoms with Crippen LogP contribution in [0.5, 0.6) is 0 Å². The highest BCUT2D eigenvalue weighted by molar-refractivity contribution is 5.80. The standard InChI is InChI=1S/C27H42O3/c1-4-26(29)30-15-7-5-6-8-19-9-11-23-22(19)13-14-25-24(23)12-10-20-17-21(28)16-18(2)27(20,25)3/h18-20,24-25H,4-17H2,1-3H3/t18-,19-,20-,24-,25-,27-/m0/s1. The summed E-state index contributed by atoms with van der Waals surface area (Å²) in [7, 11) is 0. The van der Waals surface area contributed by atoms with Crippen molar-refractivity contribution in [3.8, 4) is 0 Å². The Morgan fingerprint density at radius 2 is 1.83 bits per heavy atom. The van der Waals surface area contributed by atoms with Crippen molar-refractivity contribution in [2.45, 2.75) is 104 Å². The number of rotatable bonds is 7. The van der Waals surface area contributed by atoms with E-state index in [1.165, 1.54) is 57.8 Å². The third kappa shape index (κ3) is 4.02. The second kappa shape index (κ2) is 9.17. The monoisotopic (exact) mass is 414 g/mol. The number of unbranched alkanes of at least 4 members (excludes halogenated alkanes) is 2. The zero-order chi connectivity index (χ0) is 21.3. The summed E-state index contributed by atoms with van der Waals surface area (Å²) in [5, 5.41) is 0. The van der Waals surface area contributed by atoms with E-state index in [0.29, 0.717) is 36.1 Å². The molecule has 3 heteroatoms. The van der Waals surface area contributed by atoms with Crippen LogP contribution in [0.1, 0.15) is 104 Å². The van der Waals surface area contributed by atoms with Crippen LogP contribution in [0.4, 0.5) is 0 Å². The molecule has 4 aliphatic carbocycles. The van der Waals surface area contributed by atoms with Gasteiger partial charge in [0, 0.05) is 19.3 Å². The van der Waals surface area contributed by atoms with E-state index in [1.54, 1.807) is 0 Å². The average Bonchev–Trinajstić information content (AvgIpc) is 3.14. The van der Waals surface area contributed by atoms with E-state index in [0.717, 1.165) is 37.0 Å². The summed E-state index contributed by atoms with van der Waals surface area (Å²) in [4.78, 5) is 23.5. The van der Waals surface area contributed by atoms with Gasteiger partial charge in [0.2, 0.25) is 0 Å². The van der Waals surface area contributed by atoms with Crippen LogP contribution in [-0.4, -0.2) is 18.4 Å². The van der Waals surface area contributed by atoms with Crippen LogP contribution in [0.2, 0.25) is 0 Å². The van der Waals surface area contributed by atoms with Gasteiger partial charge < -0.3 is 4.74 Å². The normalized spacial score (nSPS) is 38.1. The Balaban J connectivity index is 1.34. The molecule has 3 nitrogen and oxygen atoms in total. The number of hydrogen-bond donors (Lipinski definition) is 0. The minimum atomic E-state index is -0.0718. The maximum atomic E-state index is 12.2. The summed E-state index contributed by atoms with van der Waals surface area (Å²) in [6, 6.07) is 0. The predicted molar refractivity (Wildman–Crippen MR) is 120 cm³/mol. The topological polar surface area (TPSA) is 43.4 Å². The quantitative estimate of drug-likeness (QED) is 0.266. The molecule has 0 bridgehead atoms. The number of fused-ring (bicyclic) bond motifs is 4. The lowest BCUT2D eigenvalue weighted by molar-refractivity contribution is -0.143. The third-order valence-corrected chi connectivity index (χ3v) is 9.65. The zero-order valence-electron chi connectivity index (χ0n) is 19.5. The third-order valence-electron chi connectivity index (χ3n) is 9.65. The van der Waals surface area contributed by atoms with Gasteiger partial charge in [0.1, 0.15) is 5.78 Å². The van der Waals surface area contributed by atoms with Crippen LogP contribution in [-0.2, 0) is 14.3 Å². The lowest BCUT2D eigenvalue weighted by Gasteiger charge is -2.58. The highest BCUT2D eigenvalue weighted by atomic mass is 16.5. The van der Waals surface area contributed by atoms with Gasteiger partial charge in [-0.2, -0.15) is 0 Å². The molecule has 30 heavy (non-hydrogen) atoms. The Hall–Kier alpha value is -1.12. The fourth-order valence-corrected chi connectivity index (χ4v) is 7.87. The molecule has 4 rings (SSSR count). The van der Waals surface area contributed by atoms with Gasteiger partial charge in [-0.1, -0.05) is 44.8 Å². The number of esters is 1. The summed E-state index contributed by atoms with van der Waals surface area (Å²) in [5.41, 5.74) is 4.08. The lowest BCUT2D eigenvalue weighted by Crippen LogP contribution is -2.52. The molecule has 6 atom stereocenters.